The third-order valence-corrected chi connectivity index (χ3v) is 4.03. The summed E-state index contributed by atoms with van der Waals surface area (Å²) in [6.07, 6.45) is 3.54. The van der Waals surface area contributed by atoms with Crippen molar-refractivity contribution in [3.05, 3.63) is 53.6 Å². The van der Waals surface area contributed by atoms with Crippen LogP contribution in [-0.4, -0.2) is 17.2 Å². The molecule has 0 aromatic heterocycles. The van der Waals surface area contributed by atoms with Gasteiger partial charge in [0.1, 0.15) is 29.1 Å². The number of phenolic OH excluding ortho intramolecular Hbond substituents is 1. The van der Waals surface area contributed by atoms with E-state index in [0.717, 1.165) is 37.8 Å². The minimum Gasteiger partial charge on any atom is -0.507 e. The fourth-order valence-corrected chi connectivity index (χ4v) is 2.81. The van der Waals surface area contributed by atoms with Gasteiger partial charge in [0.15, 0.2) is 0 Å². The van der Waals surface area contributed by atoms with Crippen molar-refractivity contribution >= 4 is 5.97 Å². The zero-order valence-electron chi connectivity index (χ0n) is 12.4. The molecule has 1 N–H and O–H groups in total. The summed E-state index contributed by atoms with van der Waals surface area (Å²) < 4.78 is 32.3. The molecule has 1 fully saturated rings. The molecular formula is C18H16F2O3. The van der Waals surface area contributed by atoms with Crippen molar-refractivity contribution in [2.75, 3.05) is 0 Å². The zero-order chi connectivity index (χ0) is 16.4. The molecule has 0 bridgehead atoms. The van der Waals surface area contributed by atoms with Gasteiger partial charge >= 0.3 is 5.97 Å². The molecule has 0 radical (unpaired) electrons. The van der Waals surface area contributed by atoms with Crippen LogP contribution in [0.1, 0.15) is 36.0 Å². The summed E-state index contributed by atoms with van der Waals surface area (Å²) >= 11 is 0. The van der Waals surface area contributed by atoms with E-state index in [1.807, 2.05) is 0 Å². The first kappa shape index (κ1) is 15.5. The second kappa shape index (κ2) is 6.36. The number of esters is 1. The maximum absolute atomic E-state index is 13.9. The van der Waals surface area contributed by atoms with Crippen LogP contribution in [-0.2, 0) is 4.74 Å². The van der Waals surface area contributed by atoms with Crippen molar-refractivity contribution in [1.29, 1.82) is 0 Å². The Morgan fingerprint density at radius 2 is 1.83 bits per heavy atom. The molecule has 0 spiro atoms. The normalized spacial score (nSPS) is 14.9. The highest BCUT2D eigenvalue weighted by Gasteiger charge is 2.22. The number of rotatable bonds is 3. The molecule has 5 heteroatoms. The first-order valence-electron chi connectivity index (χ1n) is 7.54. The van der Waals surface area contributed by atoms with Crippen LogP contribution in [0.5, 0.6) is 5.75 Å². The fourth-order valence-electron chi connectivity index (χ4n) is 2.81. The van der Waals surface area contributed by atoms with Gasteiger partial charge in [-0.25, -0.2) is 13.6 Å². The zero-order valence-corrected chi connectivity index (χ0v) is 12.4. The third kappa shape index (κ3) is 3.33. The molecule has 120 valence electrons. The van der Waals surface area contributed by atoms with Crippen LogP contribution in [0.25, 0.3) is 11.1 Å². The van der Waals surface area contributed by atoms with Gasteiger partial charge in [0.2, 0.25) is 0 Å². The molecule has 0 atom stereocenters. The lowest BCUT2D eigenvalue weighted by atomic mass is 10.0. The lowest BCUT2D eigenvalue weighted by Crippen LogP contribution is -2.15. The van der Waals surface area contributed by atoms with Crippen LogP contribution < -0.4 is 0 Å². The minimum atomic E-state index is -0.731. The topological polar surface area (TPSA) is 46.5 Å². The van der Waals surface area contributed by atoms with Crippen molar-refractivity contribution in [1.82, 2.24) is 0 Å². The maximum atomic E-state index is 13.9. The molecule has 3 rings (SSSR count). The first-order chi connectivity index (χ1) is 11.0. The molecule has 0 amide bonds. The number of hydrogen-bond acceptors (Lipinski definition) is 3. The second-order valence-corrected chi connectivity index (χ2v) is 5.67. The lowest BCUT2D eigenvalue weighted by molar-refractivity contribution is 0.0315. The number of hydrogen-bond donors (Lipinski definition) is 1. The highest BCUT2D eigenvalue weighted by Crippen LogP contribution is 2.30. The summed E-state index contributed by atoms with van der Waals surface area (Å²) in [6, 6.07) is 7.36. The largest absolute Gasteiger partial charge is 0.507 e. The molecule has 2 aromatic rings. The number of benzene rings is 2. The summed E-state index contributed by atoms with van der Waals surface area (Å²) in [5, 5.41) is 9.89. The van der Waals surface area contributed by atoms with Crippen molar-refractivity contribution in [2.24, 2.45) is 0 Å². The molecule has 0 saturated heterocycles. The van der Waals surface area contributed by atoms with E-state index in [-0.39, 0.29) is 23.0 Å². The van der Waals surface area contributed by atoms with Gasteiger partial charge in [-0.2, -0.15) is 0 Å². The fraction of sp³-hybridized carbons (Fsp3) is 0.278. The van der Waals surface area contributed by atoms with Crippen molar-refractivity contribution < 1.29 is 23.4 Å². The first-order valence-corrected chi connectivity index (χ1v) is 7.54. The van der Waals surface area contributed by atoms with E-state index in [1.54, 1.807) is 0 Å². The van der Waals surface area contributed by atoms with Crippen molar-refractivity contribution in [2.45, 2.75) is 31.8 Å². The minimum absolute atomic E-state index is 0.0156. The smallest absolute Gasteiger partial charge is 0.342 e. The summed E-state index contributed by atoms with van der Waals surface area (Å²) in [7, 11) is 0. The number of aromatic hydroxyl groups is 1. The molecule has 1 aliphatic carbocycles. The Labute approximate surface area is 132 Å². The van der Waals surface area contributed by atoms with Gasteiger partial charge in [-0.3, -0.25) is 0 Å². The molecular weight excluding hydrogens is 302 g/mol. The van der Waals surface area contributed by atoms with E-state index in [9.17, 15) is 18.7 Å². The Hall–Kier alpha value is -2.43. The SMILES string of the molecule is O=C(OC1CCCC1)c1cc(-c2ccc(F)cc2F)ccc1O. The summed E-state index contributed by atoms with van der Waals surface area (Å²) in [4.78, 5) is 12.2. The van der Waals surface area contributed by atoms with Gasteiger partial charge < -0.3 is 9.84 Å². The predicted octanol–water partition coefficient (Wildman–Crippen LogP) is 4.44. The highest BCUT2D eigenvalue weighted by atomic mass is 19.1. The van der Waals surface area contributed by atoms with Gasteiger partial charge in [-0.15, -0.1) is 0 Å². The van der Waals surface area contributed by atoms with Crippen LogP contribution in [0, 0.1) is 11.6 Å². The van der Waals surface area contributed by atoms with E-state index in [1.165, 1.54) is 24.3 Å². The molecule has 3 nitrogen and oxygen atoms in total. The monoisotopic (exact) mass is 318 g/mol. The Balaban J connectivity index is 1.90. The highest BCUT2D eigenvalue weighted by molar-refractivity contribution is 5.94. The molecule has 1 saturated carbocycles. The average Bonchev–Trinajstić information content (AvgIpc) is 3.01. The number of ether oxygens (including phenoxy) is 1. The lowest BCUT2D eigenvalue weighted by Gasteiger charge is -2.13. The van der Waals surface area contributed by atoms with Crippen molar-refractivity contribution in [3.8, 4) is 16.9 Å². The number of carbonyl (C=O) groups excluding carboxylic acids is 1. The van der Waals surface area contributed by atoms with Crippen LogP contribution in [0.4, 0.5) is 8.78 Å². The van der Waals surface area contributed by atoms with E-state index in [2.05, 4.69) is 0 Å². The quantitative estimate of drug-likeness (QED) is 0.851. The molecule has 0 unspecified atom stereocenters. The average molecular weight is 318 g/mol. The van der Waals surface area contributed by atoms with Crippen LogP contribution in [0.2, 0.25) is 0 Å². The summed E-state index contributed by atoms with van der Waals surface area (Å²) in [5.41, 5.74) is 0.512. The number of carbonyl (C=O) groups is 1. The Bertz CT molecular complexity index is 737. The van der Waals surface area contributed by atoms with Crippen LogP contribution in [0.15, 0.2) is 36.4 Å². The van der Waals surface area contributed by atoms with E-state index >= 15 is 0 Å². The van der Waals surface area contributed by atoms with Gasteiger partial charge in [0.25, 0.3) is 0 Å². The van der Waals surface area contributed by atoms with Gasteiger partial charge in [-0.1, -0.05) is 6.07 Å². The second-order valence-electron chi connectivity index (χ2n) is 5.67. The molecule has 23 heavy (non-hydrogen) atoms. The predicted molar refractivity (Wildman–Crippen MR) is 81.1 cm³/mol. The standard InChI is InChI=1S/C18H16F2O3/c19-12-6-7-14(16(20)10-12)11-5-8-17(21)15(9-11)18(22)23-13-3-1-2-4-13/h5-10,13,21H,1-4H2. The van der Waals surface area contributed by atoms with Crippen LogP contribution in [0.3, 0.4) is 0 Å². The van der Waals surface area contributed by atoms with Gasteiger partial charge in [-0.05, 0) is 55.5 Å². The Kier molecular flexibility index (Phi) is 4.28. The summed E-state index contributed by atoms with van der Waals surface area (Å²) in [6.45, 7) is 0. The Morgan fingerprint density at radius 1 is 1.09 bits per heavy atom. The van der Waals surface area contributed by atoms with Gasteiger partial charge in [0.05, 0.1) is 0 Å². The molecule has 0 aliphatic heterocycles. The van der Waals surface area contributed by atoms with Gasteiger partial charge in [0, 0.05) is 11.6 Å². The Morgan fingerprint density at radius 3 is 2.52 bits per heavy atom. The van der Waals surface area contributed by atoms with E-state index in [0.29, 0.717) is 5.56 Å². The molecule has 2 aromatic carbocycles. The number of phenols is 1. The van der Waals surface area contributed by atoms with Crippen LogP contribution >= 0.6 is 0 Å². The molecule has 0 heterocycles. The summed E-state index contributed by atoms with van der Waals surface area (Å²) in [5.74, 6) is -2.25. The maximum Gasteiger partial charge on any atom is 0.342 e. The van der Waals surface area contributed by atoms with E-state index in [4.69, 9.17) is 4.74 Å². The third-order valence-electron chi connectivity index (χ3n) is 4.03. The number of halogens is 2. The van der Waals surface area contributed by atoms with E-state index < -0.39 is 17.6 Å². The van der Waals surface area contributed by atoms with Crippen molar-refractivity contribution in [3.63, 3.8) is 0 Å². The molecule has 1 aliphatic rings.